The summed E-state index contributed by atoms with van der Waals surface area (Å²) in [5, 5.41) is 20.2. The third kappa shape index (κ3) is 6.63. The van der Waals surface area contributed by atoms with Gasteiger partial charge in [0.2, 0.25) is 6.54 Å². The maximum absolute atomic E-state index is 11.6. The lowest BCUT2D eigenvalue weighted by atomic mass is 10.1. The van der Waals surface area contributed by atoms with Crippen LogP contribution >= 0.6 is 11.8 Å². The number of aromatic nitrogens is 3. The Morgan fingerprint density at radius 1 is 0.974 bits per heavy atom. The zero-order valence-electron chi connectivity index (χ0n) is 21.8. The number of nitrogens with zero attached hydrogens (tertiary/aromatic N) is 4. The van der Waals surface area contributed by atoms with Crippen molar-refractivity contribution >= 4 is 11.8 Å². The van der Waals surface area contributed by atoms with Crippen LogP contribution in [-0.2, 0) is 6.61 Å². The first kappa shape index (κ1) is 27.0. The fourth-order valence-corrected chi connectivity index (χ4v) is 5.04. The number of thioether (sulfide) groups is 1. The minimum Gasteiger partial charge on any atom is -0.497 e. The average Bonchev–Trinajstić information content (AvgIpc) is 3.28. The second-order valence-corrected chi connectivity index (χ2v) is 9.77. The molecule has 0 radical (unpaired) electrons. The molecule has 0 N–H and O–H groups in total. The van der Waals surface area contributed by atoms with Crippen LogP contribution in [0.15, 0.2) is 71.9 Å². The first-order chi connectivity index (χ1) is 18.4. The molecule has 0 fully saturated rings. The van der Waals surface area contributed by atoms with E-state index in [1.807, 2.05) is 92.1 Å². The molecule has 0 saturated carbocycles. The lowest BCUT2D eigenvalue weighted by molar-refractivity contribution is -0.479. The lowest BCUT2D eigenvalue weighted by Gasteiger charge is -2.17. The summed E-state index contributed by atoms with van der Waals surface area (Å²) in [4.78, 5) is 11.3. The van der Waals surface area contributed by atoms with E-state index in [9.17, 15) is 10.1 Å². The van der Waals surface area contributed by atoms with Crippen molar-refractivity contribution in [1.29, 1.82) is 0 Å². The molecule has 1 aromatic heterocycles. The number of nitro groups is 1. The number of ether oxygens (including phenoxy) is 3. The number of benzene rings is 3. The molecule has 0 unspecified atom stereocenters. The third-order valence-electron chi connectivity index (χ3n) is 5.84. The summed E-state index contributed by atoms with van der Waals surface area (Å²) in [5.74, 6) is 2.53. The van der Waals surface area contributed by atoms with E-state index in [0.717, 1.165) is 22.6 Å². The van der Waals surface area contributed by atoms with Gasteiger partial charge in [-0.25, -0.2) is 0 Å². The number of hydrogen-bond acceptors (Lipinski definition) is 8. The molecule has 0 aliphatic carbocycles. The lowest BCUT2D eigenvalue weighted by Crippen LogP contribution is -2.11. The van der Waals surface area contributed by atoms with Crippen molar-refractivity contribution in [2.75, 3.05) is 20.3 Å². The van der Waals surface area contributed by atoms with Gasteiger partial charge >= 0.3 is 0 Å². The Labute approximate surface area is 225 Å². The summed E-state index contributed by atoms with van der Waals surface area (Å²) < 4.78 is 19.0. The second kappa shape index (κ2) is 12.5. The van der Waals surface area contributed by atoms with Crippen LogP contribution in [0.3, 0.4) is 0 Å². The predicted molar refractivity (Wildman–Crippen MR) is 146 cm³/mol. The molecular formula is C28H30N4O5S. The van der Waals surface area contributed by atoms with Crippen LogP contribution in [0.25, 0.3) is 5.69 Å². The molecule has 10 heteroatoms. The quantitative estimate of drug-likeness (QED) is 0.124. The van der Waals surface area contributed by atoms with Gasteiger partial charge in [0.05, 0.1) is 13.7 Å². The highest BCUT2D eigenvalue weighted by Crippen LogP contribution is 2.40. The Hall–Kier alpha value is -4.05. The average molecular weight is 535 g/mol. The molecule has 9 nitrogen and oxygen atoms in total. The summed E-state index contributed by atoms with van der Waals surface area (Å²) in [6.07, 6.45) is 0. The predicted octanol–water partition coefficient (Wildman–Crippen LogP) is 5.98. The van der Waals surface area contributed by atoms with Gasteiger partial charge in [-0.1, -0.05) is 47.7 Å². The molecule has 0 amide bonds. The molecule has 38 heavy (non-hydrogen) atoms. The molecule has 0 spiro atoms. The number of aryl methyl sites for hydroxylation is 2. The number of methoxy groups -OCH3 is 1. The second-order valence-electron chi connectivity index (χ2n) is 8.60. The Bertz CT molecular complexity index is 1370. The van der Waals surface area contributed by atoms with Crippen molar-refractivity contribution < 1.29 is 19.1 Å². The van der Waals surface area contributed by atoms with Gasteiger partial charge in [-0.15, -0.1) is 10.2 Å². The van der Waals surface area contributed by atoms with Gasteiger partial charge in [0, 0.05) is 10.6 Å². The fourth-order valence-electron chi connectivity index (χ4n) is 3.88. The Balaban J connectivity index is 1.61. The maximum Gasteiger partial charge on any atom is 0.220 e. The van der Waals surface area contributed by atoms with Crippen LogP contribution in [0.5, 0.6) is 17.2 Å². The van der Waals surface area contributed by atoms with E-state index in [1.54, 1.807) is 7.11 Å². The van der Waals surface area contributed by atoms with Gasteiger partial charge in [-0.05, 0) is 68.3 Å². The van der Waals surface area contributed by atoms with Crippen LogP contribution in [0.4, 0.5) is 0 Å². The summed E-state index contributed by atoms with van der Waals surface area (Å²) in [5.41, 5.74) is 3.79. The normalized spacial score (nSPS) is 11.7. The minimum atomic E-state index is -0.532. The van der Waals surface area contributed by atoms with E-state index in [0.29, 0.717) is 35.7 Å². The minimum absolute atomic E-state index is 0.297. The molecule has 0 bridgehead atoms. The van der Waals surface area contributed by atoms with Gasteiger partial charge in [0.15, 0.2) is 16.7 Å². The highest BCUT2D eigenvalue weighted by atomic mass is 32.2. The highest BCUT2D eigenvalue weighted by molar-refractivity contribution is 7.99. The molecule has 0 saturated heterocycles. The van der Waals surface area contributed by atoms with Gasteiger partial charge in [0.1, 0.15) is 23.4 Å². The molecule has 198 valence electrons. The third-order valence-corrected chi connectivity index (χ3v) is 7.02. The molecule has 0 aliphatic heterocycles. The van der Waals surface area contributed by atoms with Gasteiger partial charge in [0.25, 0.3) is 0 Å². The largest absolute Gasteiger partial charge is 0.497 e. The first-order valence-corrected chi connectivity index (χ1v) is 13.1. The van der Waals surface area contributed by atoms with Crippen molar-refractivity contribution in [2.24, 2.45) is 0 Å². The first-order valence-electron chi connectivity index (χ1n) is 12.2. The van der Waals surface area contributed by atoms with Gasteiger partial charge in [-0.3, -0.25) is 14.7 Å². The van der Waals surface area contributed by atoms with Crippen LogP contribution in [0, 0.1) is 24.0 Å². The van der Waals surface area contributed by atoms with Crippen molar-refractivity contribution in [1.82, 2.24) is 14.8 Å². The Kier molecular flexibility index (Phi) is 8.85. The van der Waals surface area contributed by atoms with E-state index in [-0.39, 0.29) is 11.5 Å². The maximum atomic E-state index is 11.6. The van der Waals surface area contributed by atoms with Crippen molar-refractivity contribution in [3.63, 3.8) is 0 Å². The number of hydrogen-bond donors (Lipinski definition) is 0. The van der Waals surface area contributed by atoms with Crippen LogP contribution in [-0.4, -0.2) is 39.9 Å². The van der Waals surface area contributed by atoms with Crippen molar-refractivity contribution in [3.8, 4) is 22.9 Å². The fraction of sp³-hybridized carbons (Fsp3) is 0.286. The van der Waals surface area contributed by atoms with Crippen LogP contribution in [0.2, 0.25) is 0 Å². The Morgan fingerprint density at radius 3 is 2.37 bits per heavy atom. The van der Waals surface area contributed by atoms with E-state index in [2.05, 4.69) is 10.2 Å². The summed E-state index contributed by atoms with van der Waals surface area (Å²) >= 11 is 1.29. The topological polar surface area (TPSA) is 102 Å². The molecule has 4 rings (SSSR count). The molecule has 0 aliphatic rings. The van der Waals surface area contributed by atoms with E-state index < -0.39 is 5.25 Å². The van der Waals surface area contributed by atoms with Crippen molar-refractivity contribution in [2.45, 2.75) is 37.8 Å². The standard InChI is InChI=1S/C28H30N4O5S/c1-5-36-26-16-22(10-15-25(26)37-18-21-8-6-19(2)7-9-21)27(17-31(33)34)38-28-30-29-20(3)32(28)23-11-13-24(35-4)14-12-23/h6-16,27H,5,17-18H2,1-4H3/t27-/m1/s1. The zero-order chi connectivity index (χ0) is 27.1. The monoisotopic (exact) mass is 534 g/mol. The highest BCUT2D eigenvalue weighted by Gasteiger charge is 2.25. The molecule has 1 atom stereocenters. The van der Waals surface area contributed by atoms with Crippen LogP contribution in [0.1, 0.15) is 34.7 Å². The summed E-state index contributed by atoms with van der Waals surface area (Å²) in [6, 6.07) is 21.1. The molecular weight excluding hydrogens is 504 g/mol. The molecule has 3 aromatic carbocycles. The zero-order valence-corrected chi connectivity index (χ0v) is 22.6. The smallest absolute Gasteiger partial charge is 0.220 e. The van der Waals surface area contributed by atoms with E-state index >= 15 is 0 Å². The Morgan fingerprint density at radius 2 is 1.71 bits per heavy atom. The molecule has 1 heterocycles. The summed E-state index contributed by atoms with van der Waals surface area (Å²) in [7, 11) is 1.61. The summed E-state index contributed by atoms with van der Waals surface area (Å²) in [6.45, 7) is 6.29. The van der Waals surface area contributed by atoms with Crippen LogP contribution < -0.4 is 14.2 Å². The SMILES string of the molecule is CCOc1cc([C@@H](C[N+](=O)[O-])Sc2nnc(C)n2-c2ccc(OC)cc2)ccc1OCc1ccc(C)cc1. The van der Waals surface area contributed by atoms with Crippen molar-refractivity contribution in [3.05, 3.63) is 99.4 Å². The molecule has 4 aromatic rings. The van der Waals surface area contributed by atoms with E-state index in [4.69, 9.17) is 14.2 Å². The van der Waals surface area contributed by atoms with E-state index in [1.165, 1.54) is 17.3 Å². The number of rotatable bonds is 12. The van der Waals surface area contributed by atoms with Gasteiger partial charge in [-0.2, -0.15) is 0 Å². The van der Waals surface area contributed by atoms with Gasteiger partial charge < -0.3 is 14.2 Å².